The summed E-state index contributed by atoms with van der Waals surface area (Å²) in [5.74, 6) is 0.212. The molecule has 0 spiro atoms. The van der Waals surface area contributed by atoms with Crippen molar-refractivity contribution in [3.05, 3.63) is 35.9 Å². The van der Waals surface area contributed by atoms with Crippen LogP contribution in [0, 0.1) is 0 Å². The van der Waals surface area contributed by atoms with E-state index in [1.807, 2.05) is 32.2 Å². The zero-order chi connectivity index (χ0) is 11.5. The molecule has 0 radical (unpaired) electrons. The minimum absolute atomic E-state index is 0.0137. The number of nitrogens with one attached hydrogen (secondary N) is 1. The maximum absolute atomic E-state index is 11.8. The summed E-state index contributed by atoms with van der Waals surface area (Å²) in [5.41, 5.74) is 1.29. The summed E-state index contributed by atoms with van der Waals surface area (Å²) in [5, 5.41) is 3.30. The molecule has 1 saturated heterocycles. The third-order valence-corrected chi connectivity index (χ3v) is 3.23. The number of carbonyl (C=O) groups is 1. The molecule has 1 N–H and O–H groups in total. The van der Waals surface area contributed by atoms with Gasteiger partial charge in [-0.05, 0) is 25.3 Å². The Hall–Kier alpha value is -1.35. The highest BCUT2D eigenvalue weighted by molar-refractivity contribution is 5.83. The quantitative estimate of drug-likeness (QED) is 0.831. The molecule has 1 heterocycles. The van der Waals surface area contributed by atoms with Gasteiger partial charge in [-0.15, -0.1) is 0 Å². The van der Waals surface area contributed by atoms with Crippen molar-refractivity contribution in [2.24, 2.45) is 0 Å². The van der Waals surface area contributed by atoms with Crippen molar-refractivity contribution >= 4 is 5.91 Å². The van der Waals surface area contributed by atoms with Crippen molar-refractivity contribution < 1.29 is 4.79 Å². The van der Waals surface area contributed by atoms with Crippen LogP contribution in [-0.4, -0.2) is 30.1 Å². The Morgan fingerprint density at radius 1 is 1.31 bits per heavy atom. The molecule has 1 aromatic carbocycles. The van der Waals surface area contributed by atoms with Crippen LogP contribution in [0.2, 0.25) is 0 Å². The van der Waals surface area contributed by atoms with Gasteiger partial charge in [-0.25, -0.2) is 0 Å². The Balaban J connectivity index is 1.90. The van der Waals surface area contributed by atoms with Crippen molar-refractivity contribution in [1.82, 2.24) is 10.2 Å². The molecule has 3 nitrogen and oxygen atoms in total. The first kappa shape index (κ1) is 11.1. The van der Waals surface area contributed by atoms with E-state index in [2.05, 4.69) is 17.4 Å². The second kappa shape index (κ2) is 4.66. The summed E-state index contributed by atoms with van der Waals surface area (Å²) >= 11 is 0. The Morgan fingerprint density at radius 3 is 2.56 bits per heavy atom. The first-order chi connectivity index (χ1) is 7.68. The number of hydrogen-bond donors (Lipinski definition) is 1. The maximum Gasteiger partial charge on any atom is 0.240 e. The zero-order valence-corrected chi connectivity index (χ0v) is 9.81. The van der Waals surface area contributed by atoms with Gasteiger partial charge in [-0.2, -0.15) is 0 Å². The average Bonchev–Trinajstić information content (AvgIpc) is 2.56. The molecular formula is C13H18N2O. The van der Waals surface area contributed by atoms with Crippen molar-refractivity contribution in [2.75, 3.05) is 7.05 Å². The van der Waals surface area contributed by atoms with Gasteiger partial charge in [0.2, 0.25) is 5.91 Å². The van der Waals surface area contributed by atoms with Crippen molar-refractivity contribution in [1.29, 1.82) is 0 Å². The molecule has 1 aliphatic rings. The molecule has 0 aromatic heterocycles. The van der Waals surface area contributed by atoms with E-state index in [0.717, 1.165) is 12.8 Å². The minimum atomic E-state index is -0.0137. The van der Waals surface area contributed by atoms with Gasteiger partial charge in [-0.3, -0.25) is 10.1 Å². The lowest BCUT2D eigenvalue weighted by atomic mass is 10.1. The number of hydrogen-bond acceptors (Lipinski definition) is 2. The zero-order valence-electron chi connectivity index (χ0n) is 9.81. The van der Waals surface area contributed by atoms with E-state index >= 15 is 0 Å². The third kappa shape index (κ3) is 2.25. The van der Waals surface area contributed by atoms with E-state index in [1.54, 1.807) is 4.90 Å². The summed E-state index contributed by atoms with van der Waals surface area (Å²) in [7, 11) is 1.85. The first-order valence-corrected chi connectivity index (χ1v) is 5.75. The third-order valence-electron chi connectivity index (χ3n) is 3.23. The monoisotopic (exact) mass is 218 g/mol. The summed E-state index contributed by atoms with van der Waals surface area (Å²) in [6, 6.07) is 10.3. The fourth-order valence-corrected chi connectivity index (χ4v) is 2.07. The van der Waals surface area contributed by atoms with Crippen LogP contribution in [0.5, 0.6) is 0 Å². The Bertz CT molecular complexity index is 363. The van der Waals surface area contributed by atoms with Gasteiger partial charge in [0.25, 0.3) is 0 Å². The van der Waals surface area contributed by atoms with Crippen LogP contribution >= 0.6 is 0 Å². The van der Waals surface area contributed by atoms with Crippen LogP contribution in [0.4, 0.5) is 0 Å². The molecule has 2 rings (SSSR count). The van der Waals surface area contributed by atoms with Gasteiger partial charge in [0.15, 0.2) is 0 Å². The molecular weight excluding hydrogens is 200 g/mol. The summed E-state index contributed by atoms with van der Waals surface area (Å²) in [6.45, 7) is 2.01. The molecule has 16 heavy (non-hydrogen) atoms. The van der Waals surface area contributed by atoms with Gasteiger partial charge in [0, 0.05) is 7.05 Å². The summed E-state index contributed by atoms with van der Waals surface area (Å²) in [6.07, 6.45) is 1.98. The number of amides is 1. The van der Waals surface area contributed by atoms with Crippen LogP contribution in [0.25, 0.3) is 0 Å². The van der Waals surface area contributed by atoms with Gasteiger partial charge >= 0.3 is 0 Å². The number of rotatable bonds is 3. The molecule has 3 heteroatoms. The standard InChI is InChI=1S/C13H18N2O/c1-10-14-12(13(16)15(10)2)9-8-11-6-4-3-5-7-11/h3-7,10,12,14H,8-9H2,1-2H3. The second-order valence-electron chi connectivity index (χ2n) is 4.37. The Morgan fingerprint density at radius 2 is 2.00 bits per heavy atom. The van der Waals surface area contributed by atoms with E-state index in [4.69, 9.17) is 0 Å². The lowest BCUT2D eigenvalue weighted by molar-refractivity contribution is -0.128. The summed E-state index contributed by atoms with van der Waals surface area (Å²) < 4.78 is 0. The highest BCUT2D eigenvalue weighted by Gasteiger charge is 2.32. The molecule has 0 aliphatic carbocycles. The SMILES string of the molecule is CC1NC(CCc2ccccc2)C(=O)N1C. The smallest absolute Gasteiger partial charge is 0.240 e. The topological polar surface area (TPSA) is 32.3 Å². The predicted molar refractivity (Wildman–Crippen MR) is 63.9 cm³/mol. The fourth-order valence-electron chi connectivity index (χ4n) is 2.07. The highest BCUT2D eigenvalue weighted by Crippen LogP contribution is 2.13. The lowest BCUT2D eigenvalue weighted by Gasteiger charge is -2.12. The Labute approximate surface area is 96.5 Å². The second-order valence-corrected chi connectivity index (χ2v) is 4.37. The normalized spacial score (nSPS) is 25.1. The fraction of sp³-hybridized carbons (Fsp3) is 0.462. The molecule has 1 amide bonds. The van der Waals surface area contributed by atoms with Gasteiger partial charge in [0.1, 0.15) is 0 Å². The lowest BCUT2D eigenvalue weighted by Crippen LogP contribution is -2.31. The number of carbonyl (C=O) groups excluding carboxylic acids is 1. The van der Waals surface area contributed by atoms with E-state index in [1.165, 1.54) is 5.56 Å². The van der Waals surface area contributed by atoms with Crippen molar-refractivity contribution in [2.45, 2.75) is 32.0 Å². The number of aryl methyl sites for hydroxylation is 1. The van der Waals surface area contributed by atoms with Gasteiger partial charge < -0.3 is 4.90 Å². The predicted octanol–water partition coefficient (Wildman–Crippen LogP) is 1.40. The van der Waals surface area contributed by atoms with Crippen LogP contribution in [0.3, 0.4) is 0 Å². The van der Waals surface area contributed by atoms with Crippen LogP contribution in [0.1, 0.15) is 18.9 Å². The number of nitrogens with zero attached hydrogens (tertiary/aromatic N) is 1. The molecule has 2 unspecified atom stereocenters. The van der Waals surface area contributed by atoms with E-state index < -0.39 is 0 Å². The highest BCUT2D eigenvalue weighted by atomic mass is 16.2. The van der Waals surface area contributed by atoms with E-state index in [0.29, 0.717) is 0 Å². The van der Waals surface area contributed by atoms with Crippen molar-refractivity contribution in [3.8, 4) is 0 Å². The average molecular weight is 218 g/mol. The molecule has 1 fully saturated rings. The molecule has 0 bridgehead atoms. The maximum atomic E-state index is 11.8. The van der Waals surface area contributed by atoms with Gasteiger partial charge in [-0.1, -0.05) is 30.3 Å². The first-order valence-electron chi connectivity index (χ1n) is 5.75. The van der Waals surface area contributed by atoms with Crippen LogP contribution < -0.4 is 5.32 Å². The largest absolute Gasteiger partial charge is 0.329 e. The molecule has 1 aromatic rings. The Kier molecular flexibility index (Phi) is 3.25. The van der Waals surface area contributed by atoms with Crippen LogP contribution in [0.15, 0.2) is 30.3 Å². The summed E-state index contributed by atoms with van der Waals surface area (Å²) in [4.78, 5) is 13.6. The molecule has 1 aliphatic heterocycles. The minimum Gasteiger partial charge on any atom is -0.329 e. The molecule has 2 atom stereocenters. The number of benzene rings is 1. The number of likely N-dealkylation sites (N-methyl/N-ethyl adjacent to an activating group) is 1. The molecule has 0 saturated carbocycles. The van der Waals surface area contributed by atoms with Gasteiger partial charge in [0.05, 0.1) is 12.2 Å². The van der Waals surface area contributed by atoms with Crippen molar-refractivity contribution in [3.63, 3.8) is 0 Å². The van der Waals surface area contributed by atoms with E-state index in [9.17, 15) is 4.79 Å². The van der Waals surface area contributed by atoms with E-state index in [-0.39, 0.29) is 18.1 Å². The van der Waals surface area contributed by atoms with Crippen LogP contribution in [-0.2, 0) is 11.2 Å². The molecule has 86 valence electrons.